The van der Waals surface area contributed by atoms with Gasteiger partial charge in [-0.25, -0.2) is 4.98 Å². The molecule has 0 N–H and O–H groups in total. The zero-order chi connectivity index (χ0) is 11.2. The van der Waals surface area contributed by atoms with Crippen LogP contribution in [0.5, 0.6) is 0 Å². The van der Waals surface area contributed by atoms with Crippen LogP contribution in [0.15, 0.2) is 41.9 Å². The highest BCUT2D eigenvalue weighted by atomic mass is 32.2. The van der Waals surface area contributed by atoms with Gasteiger partial charge >= 0.3 is 0 Å². The van der Waals surface area contributed by atoms with Gasteiger partial charge in [-0.15, -0.1) is 0 Å². The normalized spacial score (nSPS) is 9.94. The zero-order valence-corrected chi connectivity index (χ0v) is 9.39. The summed E-state index contributed by atoms with van der Waals surface area (Å²) in [5.74, 6) is 0.416. The minimum absolute atomic E-state index is 0.416. The molecule has 5 heteroatoms. The molecule has 0 aromatic carbocycles. The molecule has 16 heavy (non-hydrogen) atoms. The van der Waals surface area contributed by atoms with Gasteiger partial charge in [0.05, 0.1) is 24.1 Å². The predicted molar refractivity (Wildman–Crippen MR) is 61.9 cm³/mol. The summed E-state index contributed by atoms with van der Waals surface area (Å²) >= 11 is 1.44. The summed E-state index contributed by atoms with van der Waals surface area (Å²) in [5.41, 5.74) is 0.985. The average molecular weight is 230 g/mol. The largest absolute Gasteiger partial charge is 0.320 e. The average Bonchev–Trinajstić information content (AvgIpc) is 2.75. The lowest BCUT2D eigenvalue weighted by Crippen LogP contribution is -2.01. The van der Waals surface area contributed by atoms with Gasteiger partial charge in [-0.05, 0) is 12.1 Å². The number of nitrogens with zero attached hydrogens (tertiary/aromatic N) is 4. The molecule has 80 valence electrons. The molecule has 0 saturated heterocycles. The third kappa shape index (κ3) is 2.61. The Hall–Kier alpha value is -1.80. The van der Waals surface area contributed by atoms with Crippen LogP contribution >= 0.6 is 11.8 Å². The number of hydrogen-bond acceptors (Lipinski definition) is 4. The Bertz CT molecular complexity index is 486. The van der Waals surface area contributed by atoms with Gasteiger partial charge in [0.1, 0.15) is 0 Å². The summed E-state index contributed by atoms with van der Waals surface area (Å²) in [7, 11) is 0. The smallest absolute Gasteiger partial charge is 0.169 e. The molecule has 0 fully saturated rings. The second-order valence-electron chi connectivity index (χ2n) is 3.11. The van der Waals surface area contributed by atoms with Gasteiger partial charge in [0.15, 0.2) is 5.16 Å². The Morgan fingerprint density at radius 2 is 2.25 bits per heavy atom. The zero-order valence-electron chi connectivity index (χ0n) is 8.58. The Morgan fingerprint density at radius 1 is 1.31 bits per heavy atom. The highest BCUT2D eigenvalue weighted by Crippen LogP contribution is 2.15. The van der Waals surface area contributed by atoms with Crippen LogP contribution < -0.4 is 0 Å². The lowest BCUT2D eigenvalue weighted by Gasteiger charge is -2.04. The summed E-state index contributed by atoms with van der Waals surface area (Å²) in [4.78, 5) is 8.45. The molecule has 2 aromatic heterocycles. The Labute approximate surface area is 98.0 Å². The van der Waals surface area contributed by atoms with Crippen LogP contribution in [0.2, 0.25) is 0 Å². The van der Waals surface area contributed by atoms with E-state index >= 15 is 0 Å². The van der Waals surface area contributed by atoms with Gasteiger partial charge in [-0.3, -0.25) is 4.98 Å². The van der Waals surface area contributed by atoms with Gasteiger partial charge in [0.2, 0.25) is 0 Å². The van der Waals surface area contributed by atoms with Crippen LogP contribution in [0.4, 0.5) is 0 Å². The third-order valence-corrected chi connectivity index (χ3v) is 2.87. The molecule has 0 amide bonds. The SMILES string of the molecule is N#CCSc1nccn1Cc1ccccn1. The van der Waals surface area contributed by atoms with Crippen LogP contribution in [-0.4, -0.2) is 20.3 Å². The van der Waals surface area contributed by atoms with Crippen molar-refractivity contribution in [3.05, 3.63) is 42.5 Å². The summed E-state index contributed by atoms with van der Waals surface area (Å²) in [5, 5.41) is 9.38. The lowest BCUT2D eigenvalue weighted by atomic mass is 10.3. The predicted octanol–water partition coefficient (Wildman–Crippen LogP) is 1.94. The van der Waals surface area contributed by atoms with E-state index in [9.17, 15) is 0 Å². The lowest BCUT2D eigenvalue weighted by molar-refractivity contribution is 0.694. The van der Waals surface area contributed by atoms with Gasteiger partial charge in [0.25, 0.3) is 0 Å². The number of imidazole rings is 1. The van der Waals surface area contributed by atoms with Gasteiger partial charge in [-0.1, -0.05) is 17.8 Å². The van der Waals surface area contributed by atoms with Crippen LogP contribution in [0.1, 0.15) is 5.69 Å². The van der Waals surface area contributed by atoms with E-state index in [1.165, 1.54) is 11.8 Å². The number of rotatable bonds is 4. The second kappa shape index (κ2) is 5.33. The van der Waals surface area contributed by atoms with E-state index in [-0.39, 0.29) is 0 Å². The molecule has 0 aliphatic carbocycles. The molecule has 0 aliphatic heterocycles. The summed E-state index contributed by atoms with van der Waals surface area (Å²) < 4.78 is 1.99. The topological polar surface area (TPSA) is 54.5 Å². The van der Waals surface area contributed by atoms with Crippen molar-refractivity contribution in [2.75, 3.05) is 5.75 Å². The Morgan fingerprint density at radius 3 is 3.00 bits per heavy atom. The van der Waals surface area contributed by atoms with Crippen LogP contribution in [0.25, 0.3) is 0 Å². The number of aromatic nitrogens is 3. The van der Waals surface area contributed by atoms with Crippen molar-refractivity contribution in [1.29, 1.82) is 5.26 Å². The summed E-state index contributed by atoms with van der Waals surface area (Å²) in [6.45, 7) is 0.689. The maximum absolute atomic E-state index is 8.53. The molecule has 0 atom stereocenters. The highest BCUT2D eigenvalue weighted by molar-refractivity contribution is 7.99. The monoisotopic (exact) mass is 230 g/mol. The standard InChI is InChI=1S/C11H10N4S/c12-4-8-16-11-14-6-7-15(11)9-10-3-1-2-5-13-10/h1-3,5-7H,8-9H2. The minimum atomic E-state index is 0.416. The third-order valence-electron chi connectivity index (χ3n) is 2.00. The number of nitriles is 1. The van der Waals surface area contributed by atoms with E-state index in [2.05, 4.69) is 16.0 Å². The summed E-state index contributed by atoms with van der Waals surface area (Å²) in [6, 6.07) is 7.91. The quantitative estimate of drug-likeness (QED) is 0.753. The molecule has 0 saturated carbocycles. The van der Waals surface area contributed by atoms with E-state index < -0.39 is 0 Å². The maximum Gasteiger partial charge on any atom is 0.169 e. The van der Waals surface area contributed by atoms with E-state index in [4.69, 9.17) is 5.26 Å². The molecular weight excluding hydrogens is 220 g/mol. The molecule has 2 rings (SSSR count). The molecule has 0 unspecified atom stereocenters. The molecule has 0 spiro atoms. The van der Waals surface area contributed by atoms with Crippen LogP contribution in [0, 0.1) is 11.3 Å². The van der Waals surface area contributed by atoms with Crippen molar-refractivity contribution in [2.45, 2.75) is 11.7 Å². The van der Waals surface area contributed by atoms with Crippen molar-refractivity contribution in [2.24, 2.45) is 0 Å². The van der Waals surface area contributed by atoms with Crippen molar-refractivity contribution in [3.63, 3.8) is 0 Å². The summed E-state index contributed by atoms with van der Waals surface area (Å²) in [6.07, 6.45) is 5.41. The molecule has 2 heterocycles. The first-order chi connectivity index (χ1) is 7.90. The van der Waals surface area contributed by atoms with E-state index in [1.807, 2.05) is 29.0 Å². The van der Waals surface area contributed by atoms with Crippen LogP contribution in [0.3, 0.4) is 0 Å². The second-order valence-corrected chi connectivity index (χ2v) is 4.05. The maximum atomic E-state index is 8.53. The van der Waals surface area contributed by atoms with Gasteiger partial charge < -0.3 is 4.57 Å². The first-order valence-corrected chi connectivity index (χ1v) is 5.79. The fraction of sp³-hybridized carbons (Fsp3) is 0.182. The fourth-order valence-corrected chi connectivity index (χ4v) is 1.94. The first kappa shape index (κ1) is 10.7. The minimum Gasteiger partial charge on any atom is -0.320 e. The Balaban J connectivity index is 2.10. The van der Waals surface area contributed by atoms with Crippen molar-refractivity contribution >= 4 is 11.8 Å². The number of hydrogen-bond donors (Lipinski definition) is 0. The number of pyridine rings is 1. The molecule has 0 radical (unpaired) electrons. The molecule has 4 nitrogen and oxygen atoms in total. The van der Waals surface area contributed by atoms with Crippen molar-refractivity contribution < 1.29 is 0 Å². The fourth-order valence-electron chi connectivity index (χ4n) is 1.32. The molecular formula is C11H10N4S. The van der Waals surface area contributed by atoms with Gasteiger partial charge in [0, 0.05) is 18.6 Å². The van der Waals surface area contributed by atoms with Crippen LogP contribution in [-0.2, 0) is 6.54 Å². The molecule has 0 bridgehead atoms. The van der Waals surface area contributed by atoms with Gasteiger partial charge in [-0.2, -0.15) is 5.26 Å². The van der Waals surface area contributed by atoms with E-state index in [1.54, 1.807) is 12.4 Å². The van der Waals surface area contributed by atoms with E-state index in [0.29, 0.717) is 12.3 Å². The number of thioether (sulfide) groups is 1. The van der Waals surface area contributed by atoms with Crippen molar-refractivity contribution in [3.8, 4) is 6.07 Å². The molecule has 0 aliphatic rings. The van der Waals surface area contributed by atoms with Crippen molar-refractivity contribution in [1.82, 2.24) is 14.5 Å². The first-order valence-electron chi connectivity index (χ1n) is 4.81. The highest BCUT2D eigenvalue weighted by Gasteiger charge is 2.03. The molecule has 2 aromatic rings. The van der Waals surface area contributed by atoms with E-state index in [0.717, 1.165) is 10.9 Å². The Kier molecular flexibility index (Phi) is 3.57.